The van der Waals surface area contributed by atoms with Crippen LogP contribution in [-0.2, 0) is 4.74 Å². The molecule has 25 heavy (non-hydrogen) atoms. The highest BCUT2D eigenvalue weighted by molar-refractivity contribution is 5.68. The van der Waals surface area contributed by atoms with Crippen LogP contribution in [0.5, 0.6) is 0 Å². The molecule has 1 fully saturated rings. The summed E-state index contributed by atoms with van der Waals surface area (Å²) in [6, 6.07) is 10.9. The Bertz CT molecular complexity index is 553. The highest BCUT2D eigenvalue weighted by Gasteiger charge is 2.35. The quantitative estimate of drug-likeness (QED) is 0.835. The number of ether oxygens (including phenoxy) is 1. The van der Waals surface area contributed by atoms with Crippen LogP contribution in [0.4, 0.5) is 4.79 Å². The van der Waals surface area contributed by atoms with Crippen molar-refractivity contribution in [1.82, 2.24) is 10.2 Å². The number of hydrogen-bond acceptors (Lipinski definition) is 3. The number of rotatable bonds is 5. The maximum atomic E-state index is 12.4. The SMILES string of the molecule is CCC(NCC1(C)CCCN(C(=O)OC(C)(C)C)C1)c1ccccc1. The number of carbonyl (C=O) groups is 1. The van der Waals surface area contributed by atoms with Gasteiger partial charge in [-0.2, -0.15) is 0 Å². The summed E-state index contributed by atoms with van der Waals surface area (Å²) in [5, 5.41) is 3.72. The second-order valence-electron chi connectivity index (χ2n) is 8.57. The van der Waals surface area contributed by atoms with E-state index in [0.717, 1.165) is 38.9 Å². The molecule has 0 spiro atoms. The lowest BCUT2D eigenvalue weighted by Crippen LogP contribution is -2.50. The zero-order valence-electron chi connectivity index (χ0n) is 16.5. The number of benzene rings is 1. The maximum absolute atomic E-state index is 12.4. The summed E-state index contributed by atoms with van der Waals surface area (Å²) in [4.78, 5) is 14.3. The molecular formula is C21H34N2O2. The van der Waals surface area contributed by atoms with Gasteiger partial charge in [-0.3, -0.25) is 0 Å². The van der Waals surface area contributed by atoms with Gasteiger partial charge in [-0.25, -0.2) is 4.79 Å². The van der Waals surface area contributed by atoms with Gasteiger partial charge in [-0.15, -0.1) is 0 Å². The maximum Gasteiger partial charge on any atom is 0.410 e. The predicted molar refractivity (Wildman–Crippen MR) is 103 cm³/mol. The van der Waals surface area contributed by atoms with Gasteiger partial charge in [-0.05, 0) is 51.0 Å². The summed E-state index contributed by atoms with van der Waals surface area (Å²) in [5.41, 5.74) is 0.967. The van der Waals surface area contributed by atoms with E-state index in [4.69, 9.17) is 4.74 Å². The lowest BCUT2D eigenvalue weighted by atomic mass is 9.81. The molecule has 2 atom stereocenters. The summed E-state index contributed by atoms with van der Waals surface area (Å²) in [6.07, 6.45) is 3.02. The summed E-state index contributed by atoms with van der Waals surface area (Å²) in [7, 11) is 0. The van der Waals surface area contributed by atoms with Crippen molar-refractivity contribution in [1.29, 1.82) is 0 Å². The number of piperidine rings is 1. The topological polar surface area (TPSA) is 41.6 Å². The molecule has 0 radical (unpaired) electrons. The molecule has 2 unspecified atom stereocenters. The summed E-state index contributed by atoms with van der Waals surface area (Å²) in [5.74, 6) is 0. The molecule has 1 amide bonds. The minimum absolute atomic E-state index is 0.0807. The molecule has 1 aliphatic rings. The van der Waals surface area contributed by atoms with E-state index in [1.54, 1.807) is 0 Å². The van der Waals surface area contributed by atoms with E-state index in [1.807, 2.05) is 25.7 Å². The Balaban J connectivity index is 1.95. The second kappa shape index (κ2) is 8.22. The van der Waals surface area contributed by atoms with Crippen LogP contribution in [-0.4, -0.2) is 36.2 Å². The van der Waals surface area contributed by atoms with Crippen LogP contribution in [0.2, 0.25) is 0 Å². The zero-order valence-corrected chi connectivity index (χ0v) is 16.5. The fourth-order valence-corrected chi connectivity index (χ4v) is 3.50. The monoisotopic (exact) mass is 346 g/mol. The molecule has 0 bridgehead atoms. The number of amides is 1. The van der Waals surface area contributed by atoms with Gasteiger partial charge in [-0.1, -0.05) is 44.2 Å². The molecule has 2 rings (SSSR count). The average molecular weight is 347 g/mol. The van der Waals surface area contributed by atoms with Crippen molar-refractivity contribution >= 4 is 6.09 Å². The van der Waals surface area contributed by atoms with Crippen molar-refractivity contribution in [3.05, 3.63) is 35.9 Å². The third-order valence-electron chi connectivity index (χ3n) is 4.82. The normalized spacial score (nSPS) is 22.5. The van der Waals surface area contributed by atoms with Crippen LogP contribution in [0, 0.1) is 5.41 Å². The molecule has 0 aromatic heterocycles. The summed E-state index contributed by atoms with van der Waals surface area (Å²) >= 11 is 0. The minimum atomic E-state index is -0.441. The van der Waals surface area contributed by atoms with Gasteiger partial charge in [0.2, 0.25) is 0 Å². The van der Waals surface area contributed by atoms with E-state index in [0.29, 0.717) is 6.04 Å². The zero-order chi connectivity index (χ0) is 18.5. The van der Waals surface area contributed by atoms with Crippen LogP contribution in [0.3, 0.4) is 0 Å². The highest BCUT2D eigenvalue weighted by Crippen LogP contribution is 2.31. The van der Waals surface area contributed by atoms with Crippen LogP contribution >= 0.6 is 0 Å². The van der Waals surface area contributed by atoms with Gasteiger partial charge in [0.1, 0.15) is 5.60 Å². The van der Waals surface area contributed by atoms with Crippen LogP contribution < -0.4 is 5.32 Å². The molecule has 0 aliphatic carbocycles. The van der Waals surface area contributed by atoms with Crippen molar-refractivity contribution in [3.63, 3.8) is 0 Å². The van der Waals surface area contributed by atoms with Gasteiger partial charge >= 0.3 is 6.09 Å². The van der Waals surface area contributed by atoms with Crippen LogP contribution in [0.25, 0.3) is 0 Å². The molecule has 1 aromatic carbocycles. The molecule has 140 valence electrons. The van der Waals surface area contributed by atoms with Gasteiger partial charge in [0.05, 0.1) is 0 Å². The molecule has 4 heteroatoms. The Hall–Kier alpha value is -1.55. The van der Waals surface area contributed by atoms with E-state index < -0.39 is 5.60 Å². The Morgan fingerprint density at radius 1 is 1.32 bits per heavy atom. The van der Waals surface area contributed by atoms with Gasteiger partial charge in [0.25, 0.3) is 0 Å². The molecule has 1 heterocycles. The molecular weight excluding hydrogens is 312 g/mol. The number of hydrogen-bond donors (Lipinski definition) is 1. The Morgan fingerprint density at radius 2 is 2.00 bits per heavy atom. The standard InChI is InChI=1S/C21H34N2O2/c1-6-18(17-11-8-7-9-12-17)22-15-21(5)13-10-14-23(16-21)19(24)25-20(2,3)4/h7-9,11-12,18,22H,6,10,13-16H2,1-5H3. The Labute approximate surface area is 152 Å². The van der Waals surface area contributed by atoms with Crippen LogP contribution in [0.1, 0.15) is 65.5 Å². The van der Waals surface area contributed by atoms with Crippen molar-refractivity contribution in [2.24, 2.45) is 5.41 Å². The summed E-state index contributed by atoms with van der Waals surface area (Å²) in [6.45, 7) is 12.7. The molecule has 1 aromatic rings. The first-order chi connectivity index (χ1) is 11.7. The number of likely N-dealkylation sites (tertiary alicyclic amines) is 1. The van der Waals surface area contributed by atoms with Crippen molar-refractivity contribution in [2.45, 2.75) is 65.5 Å². The highest BCUT2D eigenvalue weighted by atomic mass is 16.6. The molecule has 0 saturated carbocycles. The van der Waals surface area contributed by atoms with E-state index >= 15 is 0 Å². The largest absolute Gasteiger partial charge is 0.444 e. The van der Waals surface area contributed by atoms with Crippen LogP contribution in [0.15, 0.2) is 30.3 Å². The minimum Gasteiger partial charge on any atom is -0.444 e. The second-order valence-corrected chi connectivity index (χ2v) is 8.57. The Morgan fingerprint density at radius 3 is 2.60 bits per heavy atom. The fraction of sp³-hybridized carbons (Fsp3) is 0.667. The first-order valence-electron chi connectivity index (χ1n) is 9.49. The first-order valence-corrected chi connectivity index (χ1v) is 9.49. The fourth-order valence-electron chi connectivity index (χ4n) is 3.50. The van der Waals surface area contributed by atoms with Crippen molar-refractivity contribution in [3.8, 4) is 0 Å². The lowest BCUT2D eigenvalue weighted by molar-refractivity contribution is 0.00644. The molecule has 1 aliphatic heterocycles. The van der Waals surface area contributed by atoms with Gasteiger partial charge in [0, 0.05) is 25.7 Å². The van der Waals surface area contributed by atoms with E-state index in [-0.39, 0.29) is 11.5 Å². The van der Waals surface area contributed by atoms with E-state index in [1.165, 1.54) is 5.56 Å². The average Bonchev–Trinajstić information content (AvgIpc) is 2.55. The molecule has 1 N–H and O–H groups in total. The molecule has 4 nitrogen and oxygen atoms in total. The molecule has 1 saturated heterocycles. The smallest absolute Gasteiger partial charge is 0.410 e. The number of nitrogens with one attached hydrogen (secondary N) is 1. The number of carbonyl (C=O) groups excluding carboxylic acids is 1. The Kier molecular flexibility index (Phi) is 6.50. The first kappa shape index (κ1) is 19.8. The van der Waals surface area contributed by atoms with Gasteiger partial charge in [0.15, 0.2) is 0 Å². The van der Waals surface area contributed by atoms with E-state index in [2.05, 4.69) is 49.5 Å². The van der Waals surface area contributed by atoms with Gasteiger partial charge < -0.3 is 15.0 Å². The third-order valence-corrected chi connectivity index (χ3v) is 4.82. The third kappa shape index (κ3) is 6.03. The number of nitrogens with zero attached hydrogens (tertiary/aromatic N) is 1. The van der Waals surface area contributed by atoms with Crippen molar-refractivity contribution in [2.75, 3.05) is 19.6 Å². The lowest BCUT2D eigenvalue weighted by Gasteiger charge is -2.41. The van der Waals surface area contributed by atoms with Crippen molar-refractivity contribution < 1.29 is 9.53 Å². The van der Waals surface area contributed by atoms with E-state index in [9.17, 15) is 4.79 Å². The summed E-state index contributed by atoms with van der Waals surface area (Å²) < 4.78 is 5.55. The predicted octanol–water partition coefficient (Wildman–Crippen LogP) is 4.76.